The number of carboxylic acid groups (broad SMARTS) is 1. The minimum absolute atomic E-state index is 0.0741. The summed E-state index contributed by atoms with van der Waals surface area (Å²) in [6.07, 6.45) is 1.39. The van der Waals surface area contributed by atoms with Crippen molar-refractivity contribution in [1.82, 2.24) is 4.98 Å². The summed E-state index contributed by atoms with van der Waals surface area (Å²) in [7, 11) is 0. The highest BCUT2D eigenvalue weighted by Gasteiger charge is 2.08. The summed E-state index contributed by atoms with van der Waals surface area (Å²) in [6, 6.07) is 3.14. The molecule has 0 fully saturated rings. The Balaban J connectivity index is 3.12. The zero-order valence-corrected chi connectivity index (χ0v) is 5.61. The van der Waals surface area contributed by atoms with Crippen molar-refractivity contribution in [2.24, 2.45) is 5.84 Å². The lowest BCUT2D eigenvalue weighted by atomic mass is 10.3. The summed E-state index contributed by atoms with van der Waals surface area (Å²) >= 11 is 0. The average Bonchev–Trinajstić information content (AvgIpc) is 2.04. The molecule has 4 N–H and O–H groups in total. The van der Waals surface area contributed by atoms with Gasteiger partial charge in [-0.1, -0.05) is 0 Å². The Kier molecular flexibility index (Phi) is 2.03. The summed E-state index contributed by atoms with van der Waals surface area (Å²) in [5, 5.41) is 8.54. The number of nitrogens with two attached hydrogens (primary N) is 1. The molecule has 0 aliphatic carbocycles. The topological polar surface area (TPSA) is 88.2 Å². The summed E-state index contributed by atoms with van der Waals surface area (Å²) in [4.78, 5) is 14.0. The minimum Gasteiger partial charge on any atom is -0.476 e. The third-order valence-electron chi connectivity index (χ3n) is 1.17. The van der Waals surface area contributed by atoms with Gasteiger partial charge in [-0.2, -0.15) is 0 Å². The zero-order chi connectivity index (χ0) is 8.27. The Bertz CT molecular complexity index is 274. The van der Waals surface area contributed by atoms with Crippen molar-refractivity contribution in [3.8, 4) is 0 Å². The molecule has 0 aliphatic rings. The number of hydrogen-bond acceptors (Lipinski definition) is 4. The monoisotopic (exact) mass is 153 g/mol. The van der Waals surface area contributed by atoms with Gasteiger partial charge in [0.2, 0.25) is 0 Å². The van der Waals surface area contributed by atoms with Crippen molar-refractivity contribution >= 4 is 11.7 Å². The van der Waals surface area contributed by atoms with Gasteiger partial charge in [-0.25, -0.2) is 9.78 Å². The molecule has 1 aromatic rings. The van der Waals surface area contributed by atoms with E-state index in [1.807, 2.05) is 0 Å². The molecule has 0 bridgehead atoms. The van der Waals surface area contributed by atoms with Crippen LogP contribution in [0.4, 0.5) is 5.69 Å². The first kappa shape index (κ1) is 7.49. The van der Waals surface area contributed by atoms with Crippen LogP contribution in [0, 0.1) is 0 Å². The molecule has 58 valence electrons. The van der Waals surface area contributed by atoms with E-state index in [-0.39, 0.29) is 5.69 Å². The van der Waals surface area contributed by atoms with Crippen molar-refractivity contribution in [3.63, 3.8) is 0 Å². The first-order valence-corrected chi connectivity index (χ1v) is 2.90. The van der Waals surface area contributed by atoms with Gasteiger partial charge in [-0.05, 0) is 12.1 Å². The maximum absolute atomic E-state index is 10.4. The van der Waals surface area contributed by atoms with Crippen molar-refractivity contribution in [1.29, 1.82) is 0 Å². The van der Waals surface area contributed by atoms with Crippen molar-refractivity contribution < 1.29 is 9.90 Å². The molecule has 5 nitrogen and oxygen atoms in total. The van der Waals surface area contributed by atoms with Gasteiger partial charge < -0.3 is 10.5 Å². The summed E-state index contributed by atoms with van der Waals surface area (Å²) in [5.41, 5.74) is 2.47. The lowest BCUT2D eigenvalue weighted by molar-refractivity contribution is 0.0691. The molecule has 0 unspecified atom stereocenters. The molecule has 0 radical (unpaired) electrons. The number of aromatic nitrogens is 1. The van der Waals surface area contributed by atoms with Gasteiger partial charge in [-0.15, -0.1) is 0 Å². The van der Waals surface area contributed by atoms with E-state index in [1.54, 1.807) is 6.07 Å². The van der Waals surface area contributed by atoms with Crippen LogP contribution < -0.4 is 11.3 Å². The van der Waals surface area contributed by atoms with E-state index in [4.69, 9.17) is 10.9 Å². The number of hydrazine groups is 1. The molecule has 1 rings (SSSR count). The molecule has 0 atom stereocenters. The van der Waals surface area contributed by atoms with Gasteiger partial charge in [0.15, 0.2) is 5.69 Å². The molecule has 0 saturated heterocycles. The van der Waals surface area contributed by atoms with E-state index >= 15 is 0 Å². The third kappa shape index (κ3) is 1.44. The summed E-state index contributed by atoms with van der Waals surface area (Å²) in [6.45, 7) is 0. The highest BCUT2D eigenvalue weighted by molar-refractivity contribution is 5.91. The number of nitrogens with zero attached hydrogens (tertiary/aromatic N) is 1. The highest BCUT2D eigenvalue weighted by Crippen LogP contribution is 2.08. The standard InChI is InChI=1S/C6H7N3O2/c7-9-4-2-1-3-8-5(4)6(10)11/h1-3,9H,7H2,(H,10,11). The second-order valence-corrected chi connectivity index (χ2v) is 1.85. The number of pyridine rings is 1. The van der Waals surface area contributed by atoms with E-state index in [0.717, 1.165) is 0 Å². The molecule has 0 saturated carbocycles. The van der Waals surface area contributed by atoms with E-state index in [0.29, 0.717) is 5.69 Å². The number of carboxylic acids is 1. The van der Waals surface area contributed by atoms with Gasteiger partial charge in [0.25, 0.3) is 0 Å². The summed E-state index contributed by atoms with van der Waals surface area (Å²) < 4.78 is 0. The number of nitrogen functional groups attached to an aromatic ring is 1. The molecular weight excluding hydrogens is 146 g/mol. The quantitative estimate of drug-likeness (QED) is 0.413. The van der Waals surface area contributed by atoms with Crippen LogP contribution >= 0.6 is 0 Å². The molecular formula is C6H7N3O2. The predicted molar refractivity (Wildman–Crippen MR) is 39.0 cm³/mol. The van der Waals surface area contributed by atoms with E-state index in [1.165, 1.54) is 12.3 Å². The lowest BCUT2D eigenvalue weighted by Gasteiger charge is -2.01. The fourth-order valence-corrected chi connectivity index (χ4v) is 0.692. The zero-order valence-electron chi connectivity index (χ0n) is 5.61. The minimum atomic E-state index is -1.10. The number of hydrogen-bond donors (Lipinski definition) is 3. The molecule has 0 aromatic carbocycles. The third-order valence-corrected chi connectivity index (χ3v) is 1.17. The molecule has 1 aromatic heterocycles. The summed E-state index contributed by atoms with van der Waals surface area (Å²) in [5.74, 6) is 3.94. The van der Waals surface area contributed by atoms with Crippen LogP contribution in [0.3, 0.4) is 0 Å². The Morgan fingerprint density at radius 2 is 2.45 bits per heavy atom. The fraction of sp³-hybridized carbons (Fsp3) is 0. The second kappa shape index (κ2) is 2.98. The maximum Gasteiger partial charge on any atom is 0.356 e. The first-order valence-electron chi connectivity index (χ1n) is 2.90. The molecule has 0 spiro atoms. The van der Waals surface area contributed by atoms with Crippen molar-refractivity contribution in [2.75, 3.05) is 5.43 Å². The number of aromatic carboxylic acids is 1. The van der Waals surface area contributed by atoms with Gasteiger partial charge >= 0.3 is 5.97 Å². The molecule has 1 heterocycles. The van der Waals surface area contributed by atoms with E-state index < -0.39 is 5.97 Å². The molecule has 5 heteroatoms. The van der Waals surface area contributed by atoms with Crippen molar-refractivity contribution in [3.05, 3.63) is 24.0 Å². The number of nitrogens with one attached hydrogen (secondary N) is 1. The second-order valence-electron chi connectivity index (χ2n) is 1.85. The number of rotatable bonds is 2. The average molecular weight is 153 g/mol. The lowest BCUT2D eigenvalue weighted by Crippen LogP contribution is -2.12. The van der Waals surface area contributed by atoms with E-state index in [9.17, 15) is 4.79 Å². The smallest absolute Gasteiger partial charge is 0.356 e. The maximum atomic E-state index is 10.4. The van der Waals surface area contributed by atoms with Crippen molar-refractivity contribution in [2.45, 2.75) is 0 Å². The van der Waals surface area contributed by atoms with Crippen LogP contribution in [0.1, 0.15) is 10.5 Å². The normalized spacial score (nSPS) is 9.18. The SMILES string of the molecule is NNc1cccnc1C(=O)O. The van der Waals surface area contributed by atoms with Crippen LogP contribution in [0.15, 0.2) is 18.3 Å². The Morgan fingerprint density at radius 3 is 2.91 bits per heavy atom. The molecule has 0 amide bonds. The van der Waals surface area contributed by atoms with Crippen LogP contribution in [0.5, 0.6) is 0 Å². The molecule has 11 heavy (non-hydrogen) atoms. The van der Waals surface area contributed by atoms with Gasteiger partial charge in [-0.3, -0.25) is 5.84 Å². The van der Waals surface area contributed by atoms with Crippen LogP contribution in [-0.2, 0) is 0 Å². The van der Waals surface area contributed by atoms with Crippen LogP contribution in [0.2, 0.25) is 0 Å². The van der Waals surface area contributed by atoms with Gasteiger partial charge in [0.05, 0.1) is 5.69 Å². The largest absolute Gasteiger partial charge is 0.476 e. The Morgan fingerprint density at radius 1 is 1.73 bits per heavy atom. The molecule has 0 aliphatic heterocycles. The first-order chi connectivity index (χ1) is 5.25. The fourth-order valence-electron chi connectivity index (χ4n) is 0.692. The van der Waals surface area contributed by atoms with Gasteiger partial charge in [0, 0.05) is 6.20 Å². The Hall–Kier alpha value is -1.62. The van der Waals surface area contributed by atoms with Crippen LogP contribution in [-0.4, -0.2) is 16.1 Å². The van der Waals surface area contributed by atoms with Crippen LogP contribution in [0.25, 0.3) is 0 Å². The predicted octanol–water partition coefficient (Wildman–Crippen LogP) is 0.0654. The number of anilines is 1. The van der Waals surface area contributed by atoms with Gasteiger partial charge in [0.1, 0.15) is 0 Å². The Labute approximate surface area is 62.8 Å². The number of carbonyl (C=O) groups is 1. The highest BCUT2D eigenvalue weighted by atomic mass is 16.4. The van der Waals surface area contributed by atoms with E-state index in [2.05, 4.69) is 10.4 Å².